The van der Waals surface area contributed by atoms with Gasteiger partial charge in [-0.15, -0.1) is 0 Å². The Morgan fingerprint density at radius 1 is 1.18 bits per heavy atom. The number of carbonyl (C=O) groups is 1. The van der Waals surface area contributed by atoms with Crippen molar-refractivity contribution in [1.82, 2.24) is 29.7 Å². The number of nitrogens with one attached hydrogen (secondary N) is 1. The van der Waals surface area contributed by atoms with Gasteiger partial charge in [0.15, 0.2) is 5.65 Å². The van der Waals surface area contributed by atoms with Crippen LogP contribution in [0.1, 0.15) is 60.3 Å². The Morgan fingerprint density at radius 2 is 1.88 bits per heavy atom. The van der Waals surface area contributed by atoms with Crippen molar-refractivity contribution in [2.24, 2.45) is 0 Å². The maximum absolute atomic E-state index is 12.3. The number of hydrogen-bond donors (Lipinski definition) is 1. The second-order valence-electron chi connectivity index (χ2n) is 8.04. The zero-order valence-electron chi connectivity index (χ0n) is 18.4. The first-order valence-electron chi connectivity index (χ1n) is 10.7. The number of imidazole rings is 1. The standard InChI is InChI=1S/C15H14ClF3N6O.C6H10F2/c1-9-12(7-22-24(9)3-2-15(17,18)19)14(26)20-6-11-8-25-13(23-11)4-10(16)5-21-25;7-6(8)4-2-1-3-5-6/h4-5,7-8H,2-3,6H2,1H3,(H,20,26);1-5H2. The normalized spacial score (nSPS) is 15.6. The Balaban J connectivity index is 0.000000343. The van der Waals surface area contributed by atoms with E-state index in [9.17, 15) is 26.7 Å². The summed E-state index contributed by atoms with van der Waals surface area (Å²) in [6, 6.07) is 1.63. The number of hydrogen-bond acceptors (Lipinski definition) is 4. The number of alkyl halides is 5. The van der Waals surface area contributed by atoms with Crippen molar-refractivity contribution in [2.45, 2.75) is 70.6 Å². The second-order valence-corrected chi connectivity index (χ2v) is 8.48. The molecule has 3 aromatic heterocycles. The molecule has 3 heterocycles. The molecule has 0 aromatic carbocycles. The van der Waals surface area contributed by atoms with Crippen LogP contribution in [0.5, 0.6) is 0 Å². The van der Waals surface area contributed by atoms with Crippen molar-refractivity contribution < 1.29 is 26.7 Å². The Morgan fingerprint density at radius 3 is 2.50 bits per heavy atom. The first-order chi connectivity index (χ1) is 15.9. The number of aryl methyl sites for hydroxylation is 1. The fourth-order valence-electron chi connectivity index (χ4n) is 3.45. The van der Waals surface area contributed by atoms with Gasteiger partial charge in [0.1, 0.15) is 0 Å². The van der Waals surface area contributed by atoms with Gasteiger partial charge >= 0.3 is 6.18 Å². The third-order valence-corrected chi connectivity index (χ3v) is 5.51. The summed E-state index contributed by atoms with van der Waals surface area (Å²) in [5.74, 6) is -2.76. The highest BCUT2D eigenvalue weighted by Gasteiger charge is 2.30. The van der Waals surface area contributed by atoms with Crippen LogP contribution in [0.3, 0.4) is 0 Å². The summed E-state index contributed by atoms with van der Waals surface area (Å²) >= 11 is 5.84. The van der Waals surface area contributed by atoms with Crippen molar-refractivity contribution in [3.8, 4) is 0 Å². The van der Waals surface area contributed by atoms with Crippen LogP contribution in [-0.2, 0) is 13.1 Å². The van der Waals surface area contributed by atoms with Crippen LogP contribution in [0.4, 0.5) is 22.0 Å². The Kier molecular flexibility index (Phi) is 8.11. The summed E-state index contributed by atoms with van der Waals surface area (Å²) in [5, 5.41) is 11.0. The molecule has 7 nitrogen and oxygen atoms in total. The number of nitrogens with zero attached hydrogens (tertiary/aromatic N) is 5. The third kappa shape index (κ3) is 7.37. The molecule has 1 fully saturated rings. The zero-order chi connectivity index (χ0) is 24.9. The maximum atomic E-state index is 12.3. The second kappa shape index (κ2) is 10.7. The lowest BCUT2D eigenvalue weighted by molar-refractivity contribution is -0.137. The van der Waals surface area contributed by atoms with Gasteiger partial charge in [-0.05, 0) is 19.8 Å². The molecule has 0 atom stereocenters. The lowest BCUT2D eigenvalue weighted by Gasteiger charge is -2.20. The molecule has 0 radical (unpaired) electrons. The summed E-state index contributed by atoms with van der Waals surface area (Å²) in [4.78, 5) is 16.5. The van der Waals surface area contributed by atoms with Crippen LogP contribution in [-0.4, -0.2) is 42.4 Å². The Hall–Kier alpha value is -2.76. The van der Waals surface area contributed by atoms with E-state index in [-0.39, 0.29) is 31.5 Å². The lowest BCUT2D eigenvalue weighted by atomic mass is 9.97. The SMILES string of the molecule is Cc1c(C(=O)NCc2cn3ncc(Cl)cc3n2)cnn1CCC(F)(F)F.FC1(F)CCCCC1. The summed E-state index contributed by atoms with van der Waals surface area (Å²) in [7, 11) is 0. The van der Waals surface area contributed by atoms with Crippen LogP contribution in [0.25, 0.3) is 5.65 Å². The van der Waals surface area contributed by atoms with E-state index in [4.69, 9.17) is 11.6 Å². The van der Waals surface area contributed by atoms with Crippen LogP contribution in [0.2, 0.25) is 5.02 Å². The van der Waals surface area contributed by atoms with E-state index in [0.717, 1.165) is 6.42 Å². The molecule has 1 aliphatic carbocycles. The van der Waals surface area contributed by atoms with Gasteiger partial charge in [-0.1, -0.05) is 18.0 Å². The largest absolute Gasteiger partial charge is 0.390 e. The predicted molar refractivity (Wildman–Crippen MR) is 115 cm³/mol. The third-order valence-electron chi connectivity index (χ3n) is 5.31. The molecular formula is C21H24ClF5N6O. The van der Waals surface area contributed by atoms with Gasteiger partial charge in [0.25, 0.3) is 5.91 Å². The molecule has 13 heteroatoms. The summed E-state index contributed by atoms with van der Waals surface area (Å²) in [6.07, 6.45) is 1.75. The average molecular weight is 507 g/mol. The molecule has 0 spiro atoms. The van der Waals surface area contributed by atoms with E-state index >= 15 is 0 Å². The average Bonchev–Trinajstić information content (AvgIpc) is 3.32. The molecular weight excluding hydrogens is 483 g/mol. The fraction of sp³-hybridized carbons (Fsp3) is 0.524. The quantitative estimate of drug-likeness (QED) is 0.473. The first kappa shape index (κ1) is 25.9. The van der Waals surface area contributed by atoms with E-state index in [1.807, 2.05) is 0 Å². The molecule has 0 bridgehead atoms. The molecule has 1 aliphatic rings. The molecule has 0 unspecified atom stereocenters. The molecule has 34 heavy (non-hydrogen) atoms. The van der Waals surface area contributed by atoms with E-state index < -0.39 is 24.4 Å². The molecule has 4 rings (SSSR count). The Bertz CT molecular complexity index is 1120. The summed E-state index contributed by atoms with van der Waals surface area (Å²) in [6.45, 7) is 1.35. The van der Waals surface area contributed by atoms with E-state index in [1.54, 1.807) is 19.2 Å². The minimum Gasteiger partial charge on any atom is -0.346 e. The van der Waals surface area contributed by atoms with Crippen molar-refractivity contribution in [3.63, 3.8) is 0 Å². The van der Waals surface area contributed by atoms with E-state index in [2.05, 4.69) is 20.5 Å². The van der Waals surface area contributed by atoms with Crippen molar-refractivity contribution >= 4 is 23.2 Å². The number of aromatic nitrogens is 5. The van der Waals surface area contributed by atoms with Crippen LogP contribution in [0, 0.1) is 6.92 Å². The van der Waals surface area contributed by atoms with Gasteiger partial charge in [-0.2, -0.15) is 23.4 Å². The van der Waals surface area contributed by atoms with Crippen molar-refractivity contribution in [2.75, 3.05) is 0 Å². The van der Waals surface area contributed by atoms with Crippen LogP contribution >= 0.6 is 11.6 Å². The van der Waals surface area contributed by atoms with Crippen molar-refractivity contribution in [1.29, 1.82) is 0 Å². The smallest absolute Gasteiger partial charge is 0.346 e. The maximum Gasteiger partial charge on any atom is 0.390 e. The summed E-state index contributed by atoms with van der Waals surface area (Å²) < 4.78 is 64.0. The number of rotatable bonds is 5. The number of carbonyl (C=O) groups excluding carboxylic acids is 1. The van der Waals surface area contributed by atoms with Crippen LogP contribution in [0.15, 0.2) is 24.7 Å². The van der Waals surface area contributed by atoms with Gasteiger partial charge < -0.3 is 5.32 Å². The van der Waals surface area contributed by atoms with Gasteiger partial charge in [-0.25, -0.2) is 18.3 Å². The zero-order valence-corrected chi connectivity index (χ0v) is 19.1. The molecule has 1 amide bonds. The van der Waals surface area contributed by atoms with Gasteiger partial charge in [0, 0.05) is 31.1 Å². The van der Waals surface area contributed by atoms with Crippen LogP contribution < -0.4 is 5.32 Å². The minimum absolute atomic E-state index is 0.118. The minimum atomic E-state index is -4.28. The molecule has 1 N–H and O–H groups in total. The monoisotopic (exact) mass is 506 g/mol. The summed E-state index contributed by atoms with van der Waals surface area (Å²) in [5.41, 5.74) is 1.69. The van der Waals surface area contributed by atoms with Gasteiger partial charge in [0.2, 0.25) is 5.92 Å². The van der Waals surface area contributed by atoms with Gasteiger partial charge in [0.05, 0.1) is 47.8 Å². The molecule has 1 saturated carbocycles. The number of halogens is 6. The van der Waals surface area contributed by atoms with Crippen molar-refractivity contribution in [3.05, 3.63) is 46.6 Å². The van der Waals surface area contributed by atoms with E-state index in [0.29, 0.717) is 34.9 Å². The highest BCUT2D eigenvalue weighted by atomic mass is 35.5. The highest BCUT2D eigenvalue weighted by molar-refractivity contribution is 6.30. The fourth-order valence-corrected chi connectivity index (χ4v) is 3.59. The molecule has 3 aromatic rings. The van der Waals surface area contributed by atoms with E-state index in [1.165, 1.54) is 21.6 Å². The topological polar surface area (TPSA) is 77.1 Å². The Labute approximate surface area is 197 Å². The molecule has 0 saturated heterocycles. The number of amides is 1. The lowest BCUT2D eigenvalue weighted by Crippen LogP contribution is -2.23. The molecule has 186 valence electrons. The highest BCUT2D eigenvalue weighted by Crippen LogP contribution is 2.32. The predicted octanol–water partition coefficient (Wildman–Crippen LogP) is 5.36. The molecule has 0 aliphatic heterocycles. The van der Waals surface area contributed by atoms with Gasteiger partial charge in [-0.3, -0.25) is 9.48 Å². The first-order valence-corrected chi connectivity index (χ1v) is 11.1. The number of fused-ring (bicyclic) bond motifs is 1.